The Kier molecular flexibility index (Phi) is 2.61. The zero-order valence-corrected chi connectivity index (χ0v) is 10.9. The van der Waals surface area contributed by atoms with Crippen LogP contribution in [0.4, 0.5) is 0 Å². The summed E-state index contributed by atoms with van der Waals surface area (Å²) in [5.41, 5.74) is 7.08. The van der Waals surface area contributed by atoms with E-state index >= 15 is 0 Å². The SMILES string of the molecule is NCc1ccc(-c2nc(-c3coc4ccccc34)no2)o1. The van der Waals surface area contributed by atoms with Crippen molar-refractivity contribution >= 4 is 11.0 Å². The Morgan fingerprint density at radius 3 is 2.86 bits per heavy atom. The van der Waals surface area contributed by atoms with Crippen LogP contribution in [0.1, 0.15) is 5.76 Å². The van der Waals surface area contributed by atoms with Crippen LogP contribution in [-0.2, 0) is 6.54 Å². The molecule has 6 heteroatoms. The second kappa shape index (κ2) is 4.60. The Bertz CT molecular complexity index is 904. The topological polar surface area (TPSA) is 91.2 Å². The summed E-state index contributed by atoms with van der Waals surface area (Å²) in [7, 11) is 0. The molecule has 0 aliphatic carbocycles. The monoisotopic (exact) mass is 281 g/mol. The van der Waals surface area contributed by atoms with E-state index in [0.717, 1.165) is 16.5 Å². The quantitative estimate of drug-likeness (QED) is 0.620. The molecule has 0 atom stereocenters. The van der Waals surface area contributed by atoms with Gasteiger partial charge < -0.3 is 19.1 Å². The lowest BCUT2D eigenvalue weighted by atomic mass is 10.2. The zero-order valence-electron chi connectivity index (χ0n) is 10.9. The van der Waals surface area contributed by atoms with Crippen LogP contribution in [0, 0.1) is 0 Å². The molecule has 0 aliphatic rings. The van der Waals surface area contributed by atoms with Gasteiger partial charge in [-0.15, -0.1) is 0 Å². The molecule has 0 saturated carbocycles. The fourth-order valence-electron chi connectivity index (χ4n) is 2.19. The number of nitrogens with two attached hydrogens (primary N) is 1. The van der Waals surface area contributed by atoms with Crippen LogP contribution in [0.5, 0.6) is 0 Å². The van der Waals surface area contributed by atoms with Crippen LogP contribution in [0.3, 0.4) is 0 Å². The van der Waals surface area contributed by atoms with Crippen molar-refractivity contribution in [3.05, 3.63) is 48.4 Å². The summed E-state index contributed by atoms with van der Waals surface area (Å²) in [5, 5.41) is 4.92. The molecule has 0 saturated heterocycles. The second-order valence-corrected chi connectivity index (χ2v) is 4.54. The molecular formula is C15H11N3O3. The predicted octanol–water partition coefficient (Wildman–Crippen LogP) is 3.20. The van der Waals surface area contributed by atoms with E-state index in [1.165, 1.54) is 0 Å². The van der Waals surface area contributed by atoms with Crippen molar-refractivity contribution in [3.63, 3.8) is 0 Å². The number of nitrogens with zero attached hydrogens (tertiary/aromatic N) is 2. The summed E-state index contributed by atoms with van der Waals surface area (Å²) >= 11 is 0. The highest BCUT2D eigenvalue weighted by Gasteiger charge is 2.17. The largest absolute Gasteiger partial charge is 0.464 e. The number of hydrogen-bond acceptors (Lipinski definition) is 6. The summed E-state index contributed by atoms with van der Waals surface area (Å²) in [4.78, 5) is 4.35. The van der Waals surface area contributed by atoms with Crippen LogP contribution in [0.15, 0.2) is 56.0 Å². The summed E-state index contributed by atoms with van der Waals surface area (Å²) in [6.45, 7) is 0.327. The Morgan fingerprint density at radius 1 is 1.10 bits per heavy atom. The molecule has 21 heavy (non-hydrogen) atoms. The molecule has 2 N–H and O–H groups in total. The average Bonchev–Trinajstić information content (AvgIpc) is 3.24. The molecule has 1 aromatic carbocycles. The van der Waals surface area contributed by atoms with Crippen molar-refractivity contribution in [1.29, 1.82) is 0 Å². The summed E-state index contributed by atoms with van der Waals surface area (Å²) in [6, 6.07) is 11.2. The number of rotatable bonds is 3. The molecular weight excluding hydrogens is 270 g/mol. The standard InChI is InChI=1S/C15H11N3O3/c16-7-9-5-6-13(20-9)15-17-14(18-21-15)11-8-19-12-4-2-1-3-10(11)12/h1-6,8H,7,16H2. The summed E-state index contributed by atoms with van der Waals surface area (Å²) in [6.07, 6.45) is 1.62. The van der Waals surface area contributed by atoms with E-state index < -0.39 is 0 Å². The minimum Gasteiger partial charge on any atom is -0.464 e. The van der Waals surface area contributed by atoms with Gasteiger partial charge in [-0.25, -0.2) is 0 Å². The summed E-state index contributed by atoms with van der Waals surface area (Å²) in [5.74, 6) is 1.94. The van der Waals surface area contributed by atoms with Crippen LogP contribution < -0.4 is 5.73 Å². The lowest BCUT2D eigenvalue weighted by molar-refractivity contribution is 0.412. The first kappa shape index (κ1) is 11.9. The van der Waals surface area contributed by atoms with Crippen molar-refractivity contribution in [1.82, 2.24) is 10.1 Å². The molecule has 0 fully saturated rings. The van der Waals surface area contributed by atoms with Gasteiger partial charge in [0.05, 0.1) is 12.1 Å². The van der Waals surface area contributed by atoms with E-state index in [2.05, 4.69) is 10.1 Å². The maximum atomic E-state index is 5.51. The van der Waals surface area contributed by atoms with Crippen molar-refractivity contribution in [2.75, 3.05) is 0 Å². The molecule has 6 nitrogen and oxygen atoms in total. The maximum Gasteiger partial charge on any atom is 0.293 e. The zero-order chi connectivity index (χ0) is 14.2. The first-order valence-corrected chi connectivity index (χ1v) is 6.44. The molecule has 0 spiro atoms. The highest BCUT2D eigenvalue weighted by molar-refractivity contribution is 5.91. The minimum atomic E-state index is 0.315. The van der Waals surface area contributed by atoms with E-state index in [1.807, 2.05) is 24.3 Å². The second-order valence-electron chi connectivity index (χ2n) is 4.54. The first-order valence-electron chi connectivity index (χ1n) is 6.44. The van der Waals surface area contributed by atoms with E-state index in [9.17, 15) is 0 Å². The molecule has 0 amide bonds. The van der Waals surface area contributed by atoms with Crippen molar-refractivity contribution in [2.45, 2.75) is 6.54 Å². The number of fused-ring (bicyclic) bond motifs is 1. The van der Waals surface area contributed by atoms with Gasteiger partial charge in [0.15, 0.2) is 5.76 Å². The fourth-order valence-corrected chi connectivity index (χ4v) is 2.19. The van der Waals surface area contributed by atoms with Gasteiger partial charge in [-0.3, -0.25) is 0 Å². The Morgan fingerprint density at radius 2 is 2.00 bits per heavy atom. The van der Waals surface area contributed by atoms with Crippen molar-refractivity contribution in [2.24, 2.45) is 5.73 Å². The van der Waals surface area contributed by atoms with Gasteiger partial charge in [-0.1, -0.05) is 23.4 Å². The van der Waals surface area contributed by atoms with Gasteiger partial charge in [0.1, 0.15) is 17.6 Å². The third-order valence-corrected chi connectivity index (χ3v) is 3.22. The fraction of sp³-hybridized carbons (Fsp3) is 0.0667. The number of benzene rings is 1. The lowest BCUT2D eigenvalue weighted by Crippen LogP contribution is -1.92. The van der Waals surface area contributed by atoms with Crippen molar-refractivity contribution < 1.29 is 13.4 Å². The Balaban J connectivity index is 1.77. The average molecular weight is 281 g/mol. The van der Waals surface area contributed by atoms with Crippen molar-refractivity contribution in [3.8, 4) is 23.0 Å². The highest BCUT2D eigenvalue weighted by atomic mass is 16.5. The van der Waals surface area contributed by atoms with E-state index in [-0.39, 0.29) is 0 Å². The molecule has 4 rings (SSSR count). The van der Waals surface area contributed by atoms with Gasteiger partial charge in [-0.05, 0) is 18.2 Å². The van der Waals surface area contributed by atoms with Crippen LogP contribution >= 0.6 is 0 Å². The first-order chi connectivity index (χ1) is 10.3. The van der Waals surface area contributed by atoms with Crippen LogP contribution in [-0.4, -0.2) is 10.1 Å². The predicted molar refractivity (Wildman–Crippen MR) is 75.1 cm³/mol. The minimum absolute atomic E-state index is 0.315. The normalized spacial score (nSPS) is 11.3. The molecule has 3 aromatic heterocycles. The molecule has 0 radical (unpaired) electrons. The maximum absolute atomic E-state index is 5.51. The van der Waals surface area contributed by atoms with Gasteiger partial charge in [0.2, 0.25) is 5.82 Å². The molecule has 0 bridgehead atoms. The van der Waals surface area contributed by atoms with Crippen LogP contribution in [0.25, 0.3) is 34.0 Å². The van der Waals surface area contributed by atoms with Gasteiger partial charge in [0.25, 0.3) is 5.89 Å². The number of furan rings is 2. The molecule has 3 heterocycles. The smallest absolute Gasteiger partial charge is 0.293 e. The Hall–Kier alpha value is -2.86. The van der Waals surface area contributed by atoms with E-state index in [0.29, 0.717) is 29.8 Å². The molecule has 0 unspecified atom stereocenters. The number of aromatic nitrogens is 2. The van der Waals surface area contributed by atoms with E-state index in [4.69, 9.17) is 19.1 Å². The number of para-hydroxylation sites is 1. The molecule has 104 valence electrons. The number of hydrogen-bond donors (Lipinski definition) is 1. The highest BCUT2D eigenvalue weighted by Crippen LogP contribution is 2.30. The third kappa shape index (κ3) is 1.93. The summed E-state index contributed by atoms with van der Waals surface area (Å²) < 4.78 is 16.2. The lowest BCUT2D eigenvalue weighted by Gasteiger charge is -1.89. The van der Waals surface area contributed by atoms with Gasteiger partial charge in [0, 0.05) is 5.39 Å². The van der Waals surface area contributed by atoms with Gasteiger partial charge in [-0.2, -0.15) is 4.98 Å². The van der Waals surface area contributed by atoms with Crippen LogP contribution in [0.2, 0.25) is 0 Å². The molecule has 4 aromatic rings. The van der Waals surface area contributed by atoms with E-state index in [1.54, 1.807) is 18.4 Å². The third-order valence-electron chi connectivity index (χ3n) is 3.22. The Labute approximate surface area is 119 Å². The molecule has 0 aliphatic heterocycles. The van der Waals surface area contributed by atoms with Gasteiger partial charge >= 0.3 is 0 Å².